The second-order valence-corrected chi connectivity index (χ2v) is 15.0. The summed E-state index contributed by atoms with van der Waals surface area (Å²) in [5, 5.41) is 6.96. The summed E-state index contributed by atoms with van der Waals surface area (Å²) in [7, 11) is 0. The quantitative estimate of drug-likeness (QED) is 0.166. The highest BCUT2D eigenvalue weighted by Crippen LogP contribution is 2.42. The van der Waals surface area contributed by atoms with E-state index in [1.807, 2.05) is 12.3 Å². The largest absolute Gasteiger partial charge is 0.256 e. The molecule has 0 bridgehead atoms. The molecule has 0 atom stereocenters. The van der Waals surface area contributed by atoms with Gasteiger partial charge < -0.3 is 0 Å². The molecule has 8 aromatic carbocycles. The molecule has 0 radical (unpaired) electrons. The van der Waals surface area contributed by atoms with Crippen LogP contribution in [0.1, 0.15) is 0 Å². The Bertz CT molecular complexity index is 3260. The van der Waals surface area contributed by atoms with Gasteiger partial charge in [0.2, 0.25) is 0 Å². The van der Waals surface area contributed by atoms with Crippen molar-refractivity contribution in [2.45, 2.75) is 0 Å². The van der Waals surface area contributed by atoms with Gasteiger partial charge in [-0.3, -0.25) is 4.98 Å². The molecule has 0 aliphatic rings. The molecule has 0 N–H and O–H groups in total. The number of rotatable bonds is 5. The molecule has 0 aliphatic carbocycles. The lowest BCUT2D eigenvalue weighted by atomic mass is 9.91. The van der Waals surface area contributed by atoms with E-state index in [-0.39, 0.29) is 0 Å². The Hall–Kier alpha value is -7.01. The first-order valence-electron chi connectivity index (χ1n) is 18.5. The number of thiophene rings is 1. The second kappa shape index (κ2) is 12.8. The van der Waals surface area contributed by atoms with Crippen LogP contribution in [0.5, 0.6) is 0 Å². The molecule has 0 spiro atoms. The lowest BCUT2D eigenvalue weighted by Gasteiger charge is -2.14. The third-order valence-electron chi connectivity index (χ3n) is 10.8. The Balaban J connectivity index is 1.06. The van der Waals surface area contributed by atoms with Crippen LogP contribution in [0, 0.1) is 0 Å². The number of hydrogen-bond acceptors (Lipinski definition) is 4. The van der Waals surface area contributed by atoms with Crippen LogP contribution in [0.2, 0.25) is 0 Å². The third-order valence-corrected chi connectivity index (χ3v) is 11.9. The number of benzene rings is 8. The monoisotopic (exact) mass is 717 g/mol. The molecule has 0 unspecified atom stereocenters. The molecule has 11 aromatic rings. The Morgan fingerprint density at radius 2 is 0.982 bits per heavy atom. The molecule has 256 valence electrons. The Kier molecular flexibility index (Phi) is 7.35. The van der Waals surface area contributed by atoms with Crippen molar-refractivity contribution in [3.8, 4) is 56.0 Å². The van der Waals surface area contributed by atoms with Gasteiger partial charge in [0.05, 0.1) is 21.4 Å². The van der Waals surface area contributed by atoms with E-state index < -0.39 is 0 Å². The minimum Gasteiger partial charge on any atom is -0.256 e. The molecular weight excluding hydrogens is 687 g/mol. The minimum absolute atomic E-state index is 0.728. The molecule has 3 aromatic heterocycles. The fourth-order valence-corrected chi connectivity index (χ4v) is 9.27. The zero-order chi connectivity index (χ0) is 36.3. The van der Waals surface area contributed by atoms with E-state index in [2.05, 4.69) is 176 Å². The summed E-state index contributed by atoms with van der Waals surface area (Å²) in [6.07, 6.45) is 1.87. The number of nitrogens with zero attached hydrogens (tertiary/aromatic N) is 3. The van der Waals surface area contributed by atoms with Gasteiger partial charge in [-0.15, -0.1) is 11.3 Å². The van der Waals surface area contributed by atoms with Crippen molar-refractivity contribution in [2.75, 3.05) is 0 Å². The van der Waals surface area contributed by atoms with Gasteiger partial charge in [-0.2, -0.15) is 0 Å². The fraction of sp³-hybridized carbons (Fsp3) is 0. The summed E-state index contributed by atoms with van der Waals surface area (Å²) in [6.45, 7) is 0. The van der Waals surface area contributed by atoms with E-state index in [0.717, 1.165) is 70.9 Å². The van der Waals surface area contributed by atoms with Gasteiger partial charge in [-0.25, -0.2) is 9.97 Å². The highest BCUT2D eigenvalue weighted by Gasteiger charge is 2.19. The number of fused-ring (bicyclic) bond motifs is 7. The van der Waals surface area contributed by atoms with Crippen LogP contribution in [0.15, 0.2) is 188 Å². The van der Waals surface area contributed by atoms with E-state index >= 15 is 0 Å². The SMILES string of the molecule is c1ccc(-c2ccc(-c3nc(-c4ccc(-c5cccc(-c6cccc7c6ccc6cccnc67)c5)c5ccccc45)nc4c3sc3ccccc34)cc2)cc1. The van der Waals surface area contributed by atoms with Gasteiger partial charge in [0.15, 0.2) is 5.82 Å². The van der Waals surface area contributed by atoms with Crippen molar-refractivity contribution in [2.24, 2.45) is 0 Å². The van der Waals surface area contributed by atoms with Crippen LogP contribution < -0.4 is 0 Å². The van der Waals surface area contributed by atoms with Gasteiger partial charge in [0, 0.05) is 38.2 Å². The molecule has 0 saturated carbocycles. The van der Waals surface area contributed by atoms with Gasteiger partial charge in [0.1, 0.15) is 0 Å². The maximum atomic E-state index is 5.39. The number of pyridine rings is 1. The van der Waals surface area contributed by atoms with E-state index in [4.69, 9.17) is 15.0 Å². The summed E-state index contributed by atoms with van der Waals surface area (Å²) in [5.41, 5.74) is 12.2. The first-order valence-corrected chi connectivity index (χ1v) is 19.3. The summed E-state index contributed by atoms with van der Waals surface area (Å²) in [6, 6.07) is 64.9. The topological polar surface area (TPSA) is 38.7 Å². The maximum Gasteiger partial charge on any atom is 0.161 e. The lowest BCUT2D eigenvalue weighted by Crippen LogP contribution is -1.95. The van der Waals surface area contributed by atoms with E-state index in [9.17, 15) is 0 Å². The van der Waals surface area contributed by atoms with Gasteiger partial charge >= 0.3 is 0 Å². The predicted octanol–water partition coefficient (Wildman–Crippen LogP) is 14.0. The Labute approximate surface area is 321 Å². The van der Waals surface area contributed by atoms with Crippen LogP contribution >= 0.6 is 11.3 Å². The van der Waals surface area contributed by atoms with Gasteiger partial charge in [-0.05, 0) is 73.8 Å². The molecule has 11 rings (SSSR count). The number of aromatic nitrogens is 3. The van der Waals surface area contributed by atoms with Crippen LogP contribution in [0.4, 0.5) is 0 Å². The molecule has 0 aliphatic heterocycles. The fourth-order valence-electron chi connectivity index (χ4n) is 8.11. The third kappa shape index (κ3) is 5.30. The molecule has 0 amide bonds. The smallest absolute Gasteiger partial charge is 0.161 e. The summed E-state index contributed by atoms with van der Waals surface area (Å²) in [5.74, 6) is 0.728. The highest BCUT2D eigenvalue weighted by molar-refractivity contribution is 7.26. The zero-order valence-corrected chi connectivity index (χ0v) is 30.5. The van der Waals surface area contributed by atoms with Crippen LogP contribution in [-0.4, -0.2) is 15.0 Å². The average molecular weight is 718 g/mol. The number of hydrogen-bond donors (Lipinski definition) is 0. The van der Waals surface area contributed by atoms with Crippen molar-refractivity contribution in [3.05, 3.63) is 188 Å². The first-order chi connectivity index (χ1) is 27.3. The van der Waals surface area contributed by atoms with E-state index in [1.54, 1.807) is 11.3 Å². The molecular formula is C51H31N3S. The summed E-state index contributed by atoms with van der Waals surface area (Å²) >= 11 is 1.76. The van der Waals surface area contributed by atoms with Crippen molar-refractivity contribution in [1.29, 1.82) is 0 Å². The normalized spacial score (nSPS) is 11.6. The van der Waals surface area contributed by atoms with Gasteiger partial charge in [0.25, 0.3) is 0 Å². The summed E-state index contributed by atoms with van der Waals surface area (Å²) < 4.78 is 2.31. The minimum atomic E-state index is 0.728. The Morgan fingerprint density at radius 1 is 0.364 bits per heavy atom. The highest BCUT2D eigenvalue weighted by atomic mass is 32.1. The zero-order valence-electron chi connectivity index (χ0n) is 29.6. The van der Waals surface area contributed by atoms with Gasteiger partial charge in [-0.1, -0.05) is 158 Å². The van der Waals surface area contributed by atoms with E-state index in [1.165, 1.54) is 37.9 Å². The van der Waals surface area contributed by atoms with Crippen molar-refractivity contribution in [1.82, 2.24) is 15.0 Å². The first kappa shape index (κ1) is 31.5. The molecule has 4 heteroatoms. The standard InChI is InChI=1S/C51H31N3S/c1-2-11-32(12-3-1)33-22-24-35(25-23-33)48-50-49(45-18-6-7-21-46(45)55-50)54-51(53-48)44-29-28-39(40-16-4-5-17-41(40)44)37-14-8-13-36(31-37)38-19-9-20-43-42(38)27-26-34-15-10-30-52-47(34)43/h1-31H. The average Bonchev–Trinajstić information content (AvgIpc) is 3.64. The molecule has 55 heavy (non-hydrogen) atoms. The lowest BCUT2D eigenvalue weighted by molar-refractivity contribution is 1.24. The van der Waals surface area contributed by atoms with Crippen LogP contribution in [-0.2, 0) is 0 Å². The van der Waals surface area contributed by atoms with E-state index in [0.29, 0.717) is 0 Å². The van der Waals surface area contributed by atoms with Crippen LogP contribution in [0.25, 0.3) is 109 Å². The van der Waals surface area contributed by atoms with Crippen LogP contribution in [0.3, 0.4) is 0 Å². The molecule has 0 saturated heterocycles. The predicted molar refractivity (Wildman–Crippen MR) is 232 cm³/mol. The van der Waals surface area contributed by atoms with Crippen molar-refractivity contribution in [3.63, 3.8) is 0 Å². The molecule has 3 heterocycles. The summed E-state index contributed by atoms with van der Waals surface area (Å²) in [4.78, 5) is 15.5. The maximum absolute atomic E-state index is 5.39. The Morgan fingerprint density at radius 3 is 1.82 bits per heavy atom. The van der Waals surface area contributed by atoms with Crippen molar-refractivity contribution < 1.29 is 0 Å². The second-order valence-electron chi connectivity index (χ2n) is 13.9. The van der Waals surface area contributed by atoms with Crippen molar-refractivity contribution >= 4 is 64.1 Å². The molecule has 3 nitrogen and oxygen atoms in total. The molecule has 0 fully saturated rings.